The van der Waals surface area contributed by atoms with Crippen LogP contribution in [0.15, 0.2) is 48.5 Å². The van der Waals surface area contributed by atoms with Crippen LogP contribution in [0.2, 0.25) is 0 Å². The molecule has 1 saturated heterocycles. The highest BCUT2D eigenvalue weighted by atomic mass is 32.1. The van der Waals surface area contributed by atoms with Crippen LogP contribution >= 0.6 is 12.2 Å². The van der Waals surface area contributed by atoms with Crippen LogP contribution in [0, 0.1) is 11.7 Å². The molecule has 1 aliphatic heterocycles. The van der Waals surface area contributed by atoms with E-state index in [4.69, 9.17) is 17.0 Å². The molecule has 4 rings (SSSR count). The molecule has 0 aliphatic carbocycles. The maximum Gasteiger partial charge on any atom is 0.240 e. The summed E-state index contributed by atoms with van der Waals surface area (Å²) >= 11 is 5.39. The third-order valence-corrected chi connectivity index (χ3v) is 6.22. The van der Waals surface area contributed by atoms with E-state index in [1.54, 1.807) is 11.7 Å². The molecule has 8 heteroatoms. The minimum Gasteiger partial charge on any atom is -0.497 e. The molecule has 1 aromatic heterocycles. The van der Waals surface area contributed by atoms with E-state index >= 15 is 0 Å². The number of methoxy groups -OCH3 is 1. The van der Waals surface area contributed by atoms with E-state index in [2.05, 4.69) is 32.5 Å². The number of aromatic amines is 1. The highest BCUT2D eigenvalue weighted by Crippen LogP contribution is 2.26. The number of carbonyl (C=O) groups excluding carboxylic acids is 1. The Labute approximate surface area is 193 Å². The third-order valence-electron chi connectivity index (χ3n) is 5.91. The minimum atomic E-state index is -0.0888. The number of likely N-dealkylation sites (tertiary alicyclic amines) is 1. The lowest BCUT2D eigenvalue weighted by Gasteiger charge is -2.28. The molecule has 1 fully saturated rings. The number of ether oxygens (including phenoxy) is 1. The number of aryl methyl sites for hydroxylation is 1. The van der Waals surface area contributed by atoms with E-state index in [1.165, 1.54) is 18.4 Å². The van der Waals surface area contributed by atoms with Gasteiger partial charge in [0.1, 0.15) is 12.3 Å². The molecule has 168 valence electrons. The zero-order valence-corrected chi connectivity index (χ0v) is 19.3. The van der Waals surface area contributed by atoms with Crippen molar-refractivity contribution in [1.29, 1.82) is 0 Å². The van der Waals surface area contributed by atoms with Gasteiger partial charge < -0.3 is 10.1 Å². The van der Waals surface area contributed by atoms with Gasteiger partial charge in [0.15, 0.2) is 10.6 Å². The molecular formula is C24H29N5O2S. The lowest BCUT2D eigenvalue weighted by atomic mass is 10.1. The second kappa shape index (κ2) is 10.1. The van der Waals surface area contributed by atoms with Gasteiger partial charge in [-0.3, -0.25) is 19.4 Å². The molecule has 1 unspecified atom stereocenters. The molecule has 0 spiro atoms. The van der Waals surface area contributed by atoms with Crippen molar-refractivity contribution in [2.45, 2.75) is 32.4 Å². The molecular weight excluding hydrogens is 422 g/mol. The maximum absolute atomic E-state index is 12.9. The van der Waals surface area contributed by atoms with Crippen LogP contribution in [0.3, 0.4) is 0 Å². The van der Waals surface area contributed by atoms with Gasteiger partial charge in [-0.2, -0.15) is 5.10 Å². The Bertz CT molecular complexity index is 1120. The second-order valence-electron chi connectivity index (χ2n) is 8.14. The molecule has 0 saturated carbocycles. The van der Waals surface area contributed by atoms with E-state index in [0.29, 0.717) is 17.1 Å². The molecule has 3 aromatic rings. The first-order valence-corrected chi connectivity index (χ1v) is 11.3. The zero-order valence-electron chi connectivity index (χ0n) is 18.5. The van der Waals surface area contributed by atoms with Gasteiger partial charge in [-0.05, 0) is 68.8 Å². The molecule has 0 bridgehead atoms. The summed E-state index contributed by atoms with van der Waals surface area (Å²) in [7, 11) is 1.67. The van der Waals surface area contributed by atoms with Crippen LogP contribution in [0.5, 0.6) is 5.75 Å². The van der Waals surface area contributed by atoms with E-state index in [0.717, 1.165) is 30.0 Å². The first-order valence-electron chi connectivity index (χ1n) is 10.9. The monoisotopic (exact) mass is 451 g/mol. The van der Waals surface area contributed by atoms with Crippen LogP contribution < -0.4 is 10.1 Å². The number of carbonyl (C=O) groups is 1. The minimum absolute atomic E-state index is 0.0888. The molecule has 1 aliphatic rings. The average molecular weight is 452 g/mol. The van der Waals surface area contributed by atoms with Crippen LogP contribution in [0.4, 0.5) is 0 Å². The molecule has 2 N–H and O–H groups in total. The van der Waals surface area contributed by atoms with E-state index in [9.17, 15) is 4.79 Å². The summed E-state index contributed by atoms with van der Waals surface area (Å²) < 4.78 is 7.47. The fourth-order valence-electron chi connectivity index (χ4n) is 4.22. The Morgan fingerprint density at radius 2 is 1.97 bits per heavy atom. The highest BCUT2D eigenvalue weighted by Gasteiger charge is 2.24. The van der Waals surface area contributed by atoms with Crippen molar-refractivity contribution in [3.63, 3.8) is 0 Å². The van der Waals surface area contributed by atoms with Crippen LogP contribution in [-0.2, 0) is 11.3 Å². The van der Waals surface area contributed by atoms with Gasteiger partial charge in [-0.1, -0.05) is 35.9 Å². The molecule has 2 heterocycles. The second-order valence-corrected chi connectivity index (χ2v) is 8.53. The number of H-pyrrole nitrogens is 1. The maximum atomic E-state index is 12.9. The quantitative estimate of drug-likeness (QED) is 0.509. The molecule has 1 amide bonds. The Morgan fingerprint density at radius 3 is 2.66 bits per heavy atom. The number of benzene rings is 2. The first-order chi connectivity index (χ1) is 15.5. The van der Waals surface area contributed by atoms with Gasteiger partial charge in [0.2, 0.25) is 5.91 Å². The molecule has 32 heavy (non-hydrogen) atoms. The number of nitrogens with zero attached hydrogens (tertiary/aromatic N) is 3. The summed E-state index contributed by atoms with van der Waals surface area (Å²) in [4.78, 5) is 15.3. The molecule has 7 nitrogen and oxygen atoms in total. The summed E-state index contributed by atoms with van der Waals surface area (Å²) in [6.45, 7) is 4.76. The van der Waals surface area contributed by atoms with Gasteiger partial charge in [0, 0.05) is 12.1 Å². The summed E-state index contributed by atoms with van der Waals surface area (Å²) in [5, 5.41) is 10.3. The Kier molecular flexibility index (Phi) is 7.02. The summed E-state index contributed by atoms with van der Waals surface area (Å²) in [6.07, 6.45) is 2.37. The van der Waals surface area contributed by atoms with Gasteiger partial charge >= 0.3 is 0 Å². The number of rotatable bonds is 8. The number of nitrogens with one attached hydrogen (secondary N) is 2. The number of aromatic nitrogens is 3. The zero-order chi connectivity index (χ0) is 22.5. The van der Waals surface area contributed by atoms with E-state index < -0.39 is 0 Å². The lowest BCUT2D eigenvalue weighted by Crippen LogP contribution is -2.38. The van der Waals surface area contributed by atoms with Crippen molar-refractivity contribution in [2.24, 2.45) is 0 Å². The fourth-order valence-corrected chi connectivity index (χ4v) is 4.41. The smallest absolute Gasteiger partial charge is 0.240 e. The van der Waals surface area contributed by atoms with Crippen LogP contribution in [0.1, 0.15) is 30.0 Å². The predicted molar refractivity (Wildman–Crippen MR) is 127 cm³/mol. The Morgan fingerprint density at radius 1 is 1.22 bits per heavy atom. The summed E-state index contributed by atoms with van der Waals surface area (Å²) in [5.74, 6) is 1.41. The van der Waals surface area contributed by atoms with Crippen molar-refractivity contribution >= 4 is 18.1 Å². The first kappa shape index (κ1) is 22.2. The lowest BCUT2D eigenvalue weighted by molar-refractivity contribution is -0.121. The SMILES string of the molecule is COc1ccc(C(CNC(=O)Cn2c(-c3cccc(C)c3)n[nH]c2=S)N2CCCC2)cc1. The normalized spacial score (nSPS) is 14.9. The highest BCUT2D eigenvalue weighted by molar-refractivity contribution is 7.71. The molecule has 1 atom stereocenters. The molecule has 2 aromatic carbocycles. The standard InChI is InChI=1S/C24H29N5O2S/c1-17-6-5-7-19(14-17)23-26-27-24(32)29(23)16-22(30)25-15-21(28-12-3-4-13-28)18-8-10-20(31-2)11-9-18/h5-11,14,21H,3-4,12-13,15-16H2,1-2H3,(H,25,30)(H,27,32). The van der Waals surface area contributed by atoms with Crippen molar-refractivity contribution in [1.82, 2.24) is 25.0 Å². The van der Waals surface area contributed by atoms with Gasteiger partial charge in [0.25, 0.3) is 0 Å². The van der Waals surface area contributed by atoms with Crippen LogP contribution in [0.25, 0.3) is 11.4 Å². The van der Waals surface area contributed by atoms with Gasteiger partial charge in [0.05, 0.1) is 13.2 Å². The fraction of sp³-hybridized carbons (Fsp3) is 0.375. The Hall–Kier alpha value is -2.97. The summed E-state index contributed by atoms with van der Waals surface area (Å²) in [6, 6.07) is 16.2. The van der Waals surface area contributed by atoms with E-state index in [-0.39, 0.29) is 18.5 Å². The topological polar surface area (TPSA) is 75.2 Å². The Balaban J connectivity index is 1.47. The average Bonchev–Trinajstić information content (AvgIpc) is 3.45. The predicted octanol–water partition coefficient (Wildman–Crippen LogP) is 3.88. The number of hydrogen-bond acceptors (Lipinski definition) is 5. The molecule has 0 radical (unpaired) electrons. The number of hydrogen-bond donors (Lipinski definition) is 2. The van der Waals surface area contributed by atoms with Crippen molar-refractivity contribution in [3.05, 3.63) is 64.4 Å². The van der Waals surface area contributed by atoms with Gasteiger partial charge in [-0.25, -0.2) is 0 Å². The number of amides is 1. The van der Waals surface area contributed by atoms with Gasteiger partial charge in [-0.15, -0.1) is 0 Å². The largest absolute Gasteiger partial charge is 0.497 e. The van der Waals surface area contributed by atoms with Crippen molar-refractivity contribution in [2.75, 3.05) is 26.7 Å². The van der Waals surface area contributed by atoms with Crippen molar-refractivity contribution < 1.29 is 9.53 Å². The van der Waals surface area contributed by atoms with Crippen LogP contribution in [-0.4, -0.2) is 52.3 Å². The van der Waals surface area contributed by atoms with E-state index in [1.807, 2.05) is 43.3 Å². The summed E-state index contributed by atoms with van der Waals surface area (Å²) in [5.41, 5.74) is 3.23. The van der Waals surface area contributed by atoms with Crippen molar-refractivity contribution in [3.8, 4) is 17.1 Å². The third kappa shape index (κ3) is 5.08.